The highest BCUT2D eigenvalue weighted by atomic mass is 35.5. The summed E-state index contributed by atoms with van der Waals surface area (Å²) in [6.45, 7) is 9.95. The van der Waals surface area contributed by atoms with Crippen LogP contribution in [0.25, 0.3) is 0 Å². The first-order valence-corrected chi connectivity index (χ1v) is 11.7. The third kappa shape index (κ3) is 7.12. The van der Waals surface area contributed by atoms with Gasteiger partial charge in [-0.05, 0) is 49.8 Å². The molecular formula is C23H37ClN4O2. The van der Waals surface area contributed by atoms with Gasteiger partial charge < -0.3 is 19.7 Å². The number of halogens is 1. The van der Waals surface area contributed by atoms with Crippen molar-refractivity contribution in [1.29, 1.82) is 0 Å². The Labute approximate surface area is 186 Å². The van der Waals surface area contributed by atoms with Crippen LogP contribution in [-0.4, -0.2) is 82.0 Å². The summed E-state index contributed by atoms with van der Waals surface area (Å²) in [6, 6.07) is 8.42. The van der Waals surface area contributed by atoms with Gasteiger partial charge in [-0.25, -0.2) is 0 Å². The monoisotopic (exact) mass is 436 g/mol. The van der Waals surface area contributed by atoms with E-state index in [4.69, 9.17) is 26.1 Å². The summed E-state index contributed by atoms with van der Waals surface area (Å²) in [5.41, 5.74) is 1.26. The lowest BCUT2D eigenvalue weighted by Gasteiger charge is -2.34. The Hall–Kier alpha value is -1.34. The molecule has 0 radical (unpaired) electrons. The first-order valence-electron chi connectivity index (χ1n) is 11.3. The minimum atomic E-state index is 0.226. The summed E-state index contributed by atoms with van der Waals surface area (Å²) in [4.78, 5) is 9.79. The topological polar surface area (TPSA) is 49.3 Å². The van der Waals surface area contributed by atoms with E-state index >= 15 is 0 Å². The maximum absolute atomic E-state index is 6.13. The highest BCUT2D eigenvalue weighted by Gasteiger charge is 2.23. The lowest BCUT2D eigenvalue weighted by atomic mass is 9.96. The predicted octanol–water partition coefficient (Wildman–Crippen LogP) is 3.43. The number of guanidine groups is 1. The summed E-state index contributed by atoms with van der Waals surface area (Å²) in [6.07, 6.45) is 3.54. The molecule has 1 aromatic rings. The van der Waals surface area contributed by atoms with Gasteiger partial charge in [0.15, 0.2) is 5.96 Å². The molecule has 0 amide bonds. The van der Waals surface area contributed by atoms with Crippen LogP contribution in [0.1, 0.15) is 37.8 Å². The molecule has 1 unspecified atom stereocenters. The standard InChI is InChI=1S/C23H37ClN4O2/c1-3-25-23(27(2)11-8-19-9-14-29-15-10-19)26-18-22(28-12-16-30-17-13-28)20-4-6-21(24)7-5-20/h4-7,19,22H,3,8-18H2,1-2H3,(H,25,26). The number of morpholine rings is 1. The molecule has 2 aliphatic rings. The van der Waals surface area contributed by atoms with Crippen molar-refractivity contribution in [2.75, 3.05) is 66.2 Å². The second kappa shape index (κ2) is 12.5. The molecule has 2 heterocycles. The van der Waals surface area contributed by atoms with Crippen molar-refractivity contribution in [3.63, 3.8) is 0 Å². The van der Waals surface area contributed by atoms with Gasteiger partial charge in [-0.2, -0.15) is 0 Å². The summed E-state index contributed by atoms with van der Waals surface area (Å²) < 4.78 is 11.1. The molecule has 2 fully saturated rings. The van der Waals surface area contributed by atoms with E-state index in [1.807, 2.05) is 12.1 Å². The van der Waals surface area contributed by atoms with Crippen LogP contribution >= 0.6 is 11.6 Å². The largest absolute Gasteiger partial charge is 0.381 e. The molecule has 0 saturated carbocycles. The van der Waals surface area contributed by atoms with E-state index in [0.717, 1.165) is 69.5 Å². The average molecular weight is 437 g/mol. The van der Waals surface area contributed by atoms with E-state index < -0.39 is 0 Å². The van der Waals surface area contributed by atoms with Gasteiger partial charge in [-0.1, -0.05) is 23.7 Å². The van der Waals surface area contributed by atoms with E-state index in [-0.39, 0.29) is 6.04 Å². The molecule has 168 valence electrons. The lowest BCUT2D eigenvalue weighted by molar-refractivity contribution is 0.0179. The minimum absolute atomic E-state index is 0.226. The van der Waals surface area contributed by atoms with Crippen LogP contribution in [0.4, 0.5) is 0 Å². The van der Waals surface area contributed by atoms with E-state index in [0.29, 0.717) is 6.54 Å². The number of nitrogens with one attached hydrogen (secondary N) is 1. The van der Waals surface area contributed by atoms with Crippen LogP contribution in [0.3, 0.4) is 0 Å². The van der Waals surface area contributed by atoms with Crippen LogP contribution in [0, 0.1) is 5.92 Å². The number of ether oxygens (including phenoxy) is 2. The SMILES string of the molecule is CCNC(=NCC(c1ccc(Cl)cc1)N1CCOCC1)N(C)CCC1CCOCC1. The van der Waals surface area contributed by atoms with Gasteiger partial charge in [0.1, 0.15) is 0 Å². The summed E-state index contributed by atoms with van der Waals surface area (Å²) in [5, 5.41) is 4.24. The number of hydrogen-bond acceptors (Lipinski definition) is 4. The summed E-state index contributed by atoms with van der Waals surface area (Å²) in [5.74, 6) is 1.75. The smallest absolute Gasteiger partial charge is 0.193 e. The van der Waals surface area contributed by atoms with Crippen LogP contribution < -0.4 is 5.32 Å². The quantitative estimate of drug-likeness (QED) is 0.499. The average Bonchev–Trinajstić information content (AvgIpc) is 2.79. The van der Waals surface area contributed by atoms with Crippen molar-refractivity contribution in [3.05, 3.63) is 34.9 Å². The van der Waals surface area contributed by atoms with Crippen molar-refractivity contribution >= 4 is 17.6 Å². The number of rotatable bonds is 8. The zero-order chi connectivity index (χ0) is 21.2. The lowest BCUT2D eigenvalue weighted by Crippen LogP contribution is -2.42. The van der Waals surface area contributed by atoms with Gasteiger partial charge in [0.25, 0.3) is 0 Å². The molecule has 1 atom stereocenters. The fourth-order valence-electron chi connectivity index (χ4n) is 4.17. The van der Waals surface area contributed by atoms with Gasteiger partial charge in [0, 0.05) is 51.5 Å². The summed E-state index contributed by atoms with van der Waals surface area (Å²) in [7, 11) is 2.15. The fraction of sp³-hybridized carbons (Fsp3) is 0.696. The molecule has 2 aliphatic heterocycles. The molecule has 0 aromatic heterocycles. The Morgan fingerprint density at radius 1 is 1.17 bits per heavy atom. The van der Waals surface area contributed by atoms with Gasteiger partial charge in [0.05, 0.1) is 25.8 Å². The Morgan fingerprint density at radius 2 is 1.83 bits per heavy atom. The predicted molar refractivity (Wildman–Crippen MR) is 123 cm³/mol. The fourth-order valence-corrected chi connectivity index (χ4v) is 4.29. The van der Waals surface area contributed by atoms with Crippen LogP contribution in [-0.2, 0) is 9.47 Å². The maximum Gasteiger partial charge on any atom is 0.193 e. The van der Waals surface area contributed by atoms with Crippen molar-refractivity contribution < 1.29 is 9.47 Å². The van der Waals surface area contributed by atoms with Crippen molar-refractivity contribution in [1.82, 2.24) is 15.1 Å². The Balaban J connectivity index is 1.66. The number of benzene rings is 1. The minimum Gasteiger partial charge on any atom is -0.381 e. The number of aliphatic imine (C=N–C) groups is 1. The molecule has 1 aromatic carbocycles. The molecule has 30 heavy (non-hydrogen) atoms. The second-order valence-corrected chi connectivity index (χ2v) is 8.61. The molecule has 0 bridgehead atoms. The Bertz CT molecular complexity index is 643. The first-order chi connectivity index (χ1) is 14.7. The normalized spacial score (nSPS) is 20.2. The molecule has 0 spiro atoms. The van der Waals surface area contributed by atoms with E-state index in [1.54, 1.807) is 0 Å². The first kappa shape index (κ1) is 23.3. The van der Waals surface area contributed by atoms with Crippen molar-refractivity contribution in [2.24, 2.45) is 10.9 Å². The third-order valence-electron chi connectivity index (χ3n) is 6.07. The highest BCUT2D eigenvalue weighted by molar-refractivity contribution is 6.30. The zero-order valence-electron chi connectivity index (χ0n) is 18.5. The van der Waals surface area contributed by atoms with Crippen LogP contribution in [0.5, 0.6) is 0 Å². The van der Waals surface area contributed by atoms with Crippen molar-refractivity contribution in [3.8, 4) is 0 Å². The molecule has 1 N–H and O–H groups in total. The molecule has 2 saturated heterocycles. The molecule has 3 rings (SSSR count). The highest BCUT2D eigenvalue weighted by Crippen LogP contribution is 2.24. The number of hydrogen-bond donors (Lipinski definition) is 1. The molecule has 6 nitrogen and oxygen atoms in total. The number of nitrogens with zero attached hydrogens (tertiary/aromatic N) is 3. The van der Waals surface area contributed by atoms with E-state index in [2.05, 4.69) is 41.2 Å². The third-order valence-corrected chi connectivity index (χ3v) is 6.32. The molecular weight excluding hydrogens is 400 g/mol. The van der Waals surface area contributed by atoms with Crippen LogP contribution in [0.15, 0.2) is 29.3 Å². The van der Waals surface area contributed by atoms with Gasteiger partial charge >= 0.3 is 0 Å². The van der Waals surface area contributed by atoms with Crippen LogP contribution in [0.2, 0.25) is 5.02 Å². The Morgan fingerprint density at radius 3 is 2.50 bits per heavy atom. The van der Waals surface area contributed by atoms with Gasteiger partial charge in [0.2, 0.25) is 0 Å². The van der Waals surface area contributed by atoms with Gasteiger partial charge in [-0.3, -0.25) is 9.89 Å². The molecule has 0 aliphatic carbocycles. The van der Waals surface area contributed by atoms with E-state index in [9.17, 15) is 0 Å². The van der Waals surface area contributed by atoms with Crippen molar-refractivity contribution in [2.45, 2.75) is 32.2 Å². The second-order valence-electron chi connectivity index (χ2n) is 8.18. The Kier molecular flexibility index (Phi) is 9.72. The van der Waals surface area contributed by atoms with Gasteiger partial charge in [-0.15, -0.1) is 0 Å². The maximum atomic E-state index is 6.13. The summed E-state index contributed by atoms with van der Waals surface area (Å²) >= 11 is 6.13. The van der Waals surface area contributed by atoms with E-state index in [1.165, 1.54) is 24.8 Å². The molecule has 7 heteroatoms. The zero-order valence-corrected chi connectivity index (χ0v) is 19.2.